The van der Waals surface area contributed by atoms with Crippen LogP contribution in [0.1, 0.15) is 46.5 Å². The van der Waals surface area contributed by atoms with Crippen LogP contribution < -0.4 is 10.1 Å². The van der Waals surface area contributed by atoms with E-state index in [0.29, 0.717) is 0 Å². The van der Waals surface area contributed by atoms with Gasteiger partial charge in [0.1, 0.15) is 11.6 Å². The predicted molar refractivity (Wildman–Crippen MR) is 94.0 cm³/mol. The maximum atomic E-state index is 13.9. The third-order valence-electron chi connectivity index (χ3n) is 5.02. The molecule has 0 saturated heterocycles. The first-order chi connectivity index (χ1) is 13.9. The van der Waals surface area contributed by atoms with Crippen LogP contribution in [0.4, 0.5) is 26.7 Å². The lowest BCUT2D eigenvalue weighted by atomic mass is 9.89. The molecule has 3 rings (SSSR count). The summed E-state index contributed by atoms with van der Waals surface area (Å²) in [6.07, 6.45) is 2.23. The number of alkyl carbamates (subject to hydrolysis) is 1. The minimum absolute atomic E-state index is 0.0846. The zero-order valence-corrected chi connectivity index (χ0v) is 16.7. The lowest BCUT2D eigenvalue weighted by Gasteiger charge is -2.28. The zero-order chi connectivity index (χ0) is 22.4. The minimum atomic E-state index is -2.36. The number of ether oxygens (including phenoxy) is 2. The molecule has 10 heteroatoms. The Morgan fingerprint density at radius 2 is 1.30 bits per heavy atom. The molecule has 0 radical (unpaired) electrons. The van der Waals surface area contributed by atoms with Gasteiger partial charge in [-0.15, -0.1) is 0 Å². The molecule has 30 heavy (non-hydrogen) atoms. The summed E-state index contributed by atoms with van der Waals surface area (Å²) in [6, 6.07) is -1.35. The first kappa shape index (κ1) is 22.3. The van der Waals surface area contributed by atoms with E-state index < -0.39 is 58.5 Å². The van der Waals surface area contributed by atoms with Gasteiger partial charge in [-0.1, -0.05) is 0 Å². The van der Waals surface area contributed by atoms with Gasteiger partial charge in [0, 0.05) is 0 Å². The molecule has 0 spiro atoms. The standard InChI is InChI=1S/C20H22F5NO4/c1-20(2,3)30-19(28)26-16(10(8-4-5-8)9-6-7-9)18(27)29-17-14(24)12(22)11(21)13(23)15(17)25/h8-10,16H,4-7H2,1-3H3,(H,26,28). The second-order valence-corrected chi connectivity index (χ2v) is 8.70. The normalized spacial score (nSPS) is 17.6. The van der Waals surface area contributed by atoms with Gasteiger partial charge in [-0.3, -0.25) is 0 Å². The second kappa shape index (κ2) is 8.03. The van der Waals surface area contributed by atoms with Gasteiger partial charge in [-0.2, -0.15) is 8.78 Å². The molecule has 1 N–H and O–H groups in total. The topological polar surface area (TPSA) is 64.6 Å². The summed E-state index contributed by atoms with van der Waals surface area (Å²) in [6.45, 7) is 4.82. The van der Waals surface area contributed by atoms with Gasteiger partial charge in [-0.05, 0) is 64.2 Å². The molecule has 0 heterocycles. The molecule has 2 fully saturated rings. The Balaban J connectivity index is 1.88. The highest BCUT2D eigenvalue weighted by Crippen LogP contribution is 2.51. The summed E-state index contributed by atoms with van der Waals surface area (Å²) in [5.74, 6) is -14.6. The highest BCUT2D eigenvalue weighted by molar-refractivity contribution is 5.83. The highest BCUT2D eigenvalue weighted by Gasteiger charge is 2.49. The lowest BCUT2D eigenvalue weighted by molar-refractivity contribution is -0.139. The number of carbonyl (C=O) groups is 2. The zero-order valence-electron chi connectivity index (χ0n) is 16.7. The van der Waals surface area contributed by atoms with Crippen LogP contribution in [0.25, 0.3) is 0 Å². The van der Waals surface area contributed by atoms with Crippen molar-refractivity contribution in [3.05, 3.63) is 29.1 Å². The van der Waals surface area contributed by atoms with Gasteiger partial charge in [0.25, 0.3) is 0 Å². The first-order valence-corrected chi connectivity index (χ1v) is 9.63. The van der Waals surface area contributed by atoms with Crippen molar-refractivity contribution in [2.24, 2.45) is 17.8 Å². The van der Waals surface area contributed by atoms with E-state index in [1.807, 2.05) is 0 Å². The van der Waals surface area contributed by atoms with Crippen LogP contribution in [0.15, 0.2) is 0 Å². The largest absolute Gasteiger partial charge is 0.444 e. The van der Waals surface area contributed by atoms with Gasteiger partial charge in [0.05, 0.1) is 0 Å². The molecule has 1 unspecified atom stereocenters. The molecule has 0 aromatic heterocycles. The van der Waals surface area contributed by atoms with Crippen molar-refractivity contribution in [2.45, 2.75) is 58.1 Å². The summed E-state index contributed by atoms with van der Waals surface area (Å²) >= 11 is 0. The molecule has 166 valence electrons. The number of benzene rings is 1. The van der Waals surface area contributed by atoms with Gasteiger partial charge < -0.3 is 14.8 Å². The molecule has 2 aliphatic carbocycles. The molecule has 1 amide bonds. The fraction of sp³-hybridized carbons (Fsp3) is 0.600. The highest BCUT2D eigenvalue weighted by atomic mass is 19.2. The van der Waals surface area contributed by atoms with Crippen LogP contribution in [-0.4, -0.2) is 23.7 Å². The molecular formula is C20H22F5NO4. The van der Waals surface area contributed by atoms with Crippen LogP contribution in [0, 0.1) is 46.8 Å². The van der Waals surface area contributed by atoms with E-state index in [2.05, 4.69) is 10.1 Å². The Bertz CT molecular complexity index is 821. The van der Waals surface area contributed by atoms with Crippen molar-refractivity contribution in [1.29, 1.82) is 0 Å². The van der Waals surface area contributed by atoms with Gasteiger partial charge in [0.15, 0.2) is 0 Å². The fourth-order valence-electron chi connectivity index (χ4n) is 3.48. The molecule has 1 atom stereocenters. The van der Waals surface area contributed by atoms with Crippen molar-refractivity contribution < 1.29 is 41.0 Å². The van der Waals surface area contributed by atoms with E-state index in [9.17, 15) is 31.5 Å². The van der Waals surface area contributed by atoms with Gasteiger partial charge in [0.2, 0.25) is 34.8 Å². The average molecular weight is 435 g/mol. The molecule has 2 aliphatic rings. The number of amides is 1. The van der Waals surface area contributed by atoms with Crippen LogP contribution >= 0.6 is 0 Å². The number of halogens is 5. The fourth-order valence-corrected chi connectivity index (χ4v) is 3.48. The van der Waals surface area contributed by atoms with Gasteiger partial charge in [-0.25, -0.2) is 22.8 Å². The second-order valence-electron chi connectivity index (χ2n) is 8.70. The van der Waals surface area contributed by atoms with E-state index in [1.165, 1.54) is 0 Å². The van der Waals surface area contributed by atoms with Crippen LogP contribution in [-0.2, 0) is 9.53 Å². The molecule has 0 aliphatic heterocycles. The number of rotatable bonds is 6. The van der Waals surface area contributed by atoms with Crippen molar-refractivity contribution in [2.75, 3.05) is 0 Å². The SMILES string of the molecule is CC(C)(C)OC(=O)NC(C(=O)Oc1c(F)c(F)c(F)c(F)c1F)C(C1CC1)C1CC1. The van der Waals surface area contributed by atoms with Gasteiger partial charge >= 0.3 is 12.1 Å². The summed E-state index contributed by atoms with van der Waals surface area (Å²) in [7, 11) is 0. The van der Waals surface area contributed by atoms with Crippen LogP contribution in [0.5, 0.6) is 5.75 Å². The number of hydrogen-bond donors (Lipinski definition) is 1. The molecule has 1 aromatic rings. The van der Waals surface area contributed by atoms with E-state index in [0.717, 1.165) is 25.7 Å². The van der Waals surface area contributed by atoms with Crippen molar-refractivity contribution >= 4 is 12.1 Å². The summed E-state index contributed by atoms with van der Waals surface area (Å²) < 4.78 is 77.8. The molecule has 0 bridgehead atoms. The summed E-state index contributed by atoms with van der Waals surface area (Å²) in [5.41, 5.74) is -0.880. The van der Waals surface area contributed by atoms with E-state index in [4.69, 9.17) is 4.74 Å². The molecular weight excluding hydrogens is 413 g/mol. The number of esters is 1. The average Bonchev–Trinajstić information content (AvgIpc) is 3.54. The Hall–Kier alpha value is -2.39. The van der Waals surface area contributed by atoms with E-state index in [1.54, 1.807) is 20.8 Å². The smallest absolute Gasteiger partial charge is 0.408 e. The third kappa shape index (κ3) is 4.84. The van der Waals surface area contributed by atoms with Crippen molar-refractivity contribution in [1.82, 2.24) is 5.32 Å². The molecule has 2 saturated carbocycles. The maximum Gasteiger partial charge on any atom is 0.408 e. The third-order valence-corrected chi connectivity index (χ3v) is 5.02. The summed E-state index contributed by atoms with van der Waals surface area (Å²) in [4.78, 5) is 25.0. The van der Waals surface area contributed by atoms with Crippen LogP contribution in [0.2, 0.25) is 0 Å². The number of carbonyl (C=O) groups excluding carboxylic acids is 2. The molecule has 1 aromatic carbocycles. The maximum absolute atomic E-state index is 13.9. The van der Waals surface area contributed by atoms with E-state index in [-0.39, 0.29) is 17.8 Å². The Kier molecular flexibility index (Phi) is 5.97. The Morgan fingerprint density at radius 1 is 0.867 bits per heavy atom. The quantitative estimate of drug-likeness (QED) is 0.233. The van der Waals surface area contributed by atoms with E-state index >= 15 is 0 Å². The summed E-state index contributed by atoms with van der Waals surface area (Å²) in [5, 5.41) is 2.37. The monoisotopic (exact) mass is 435 g/mol. The minimum Gasteiger partial charge on any atom is -0.444 e. The van der Waals surface area contributed by atoms with Crippen LogP contribution in [0.3, 0.4) is 0 Å². The number of nitrogens with one attached hydrogen (secondary N) is 1. The first-order valence-electron chi connectivity index (χ1n) is 9.63. The Labute approximate surface area is 169 Å². The lowest BCUT2D eigenvalue weighted by Crippen LogP contribution is -2.50. The molecule has 5 nitrogen and oxygen atoms in total. The number of hydrogen-bond acceptors (Lipinski definition) is 4. The predicted octanol–water partition coefficient (Wildman–Crippen LogP) is 4.62. The Morgan fingerprint density at radius 3 is 1.70 bits per heavy atom. The van der Waals surface area contributed by atoms with Crippen molar-refractivity contribution in [3.63, 3.8) is 0 Å². The van der Waals surface area contributed by atoms with Crippen molar-refractivity contribution in [3.8, 4) is 5.75 Å².